The van der Waals surface area contributed by atoms with Crippen molar-refractivity contribution in [3.05, 3.63) is 41.7 Å². The Bertz CT molecular complexity index is 709. The van der Waals surface area contributed by atoms with Gasteiger partial charge < -0.3 is 10.2 Å². The third-order valence-corrected chi connectivity index (χ3v) is 4.54. The quantitative estimate of drug-likeness (QED) is 0.856. The minimum absolute atomic E-state index is 0.107. The Morgan fingerprint density at radius 1 is 1.28 bits per heavy atom. The van der Waals surface area contributed by atoms with E-state index in [1.165, 1.54) is 0 Å². The number of halogens is 1. The van der Waals surface area contributed by atoms with Gasteiger partial charge in [-0.2, -0.15) is 0 Å². The van der Waals surface area contributed by atoms with E-state index in [0.29, 0.717) is 11.6 Å². The van der Waals surface area contributed by atoms with E-state index >= 15 is 0 Å². The van der Waals surface area contributed by atoms with Crippen molar-refractivity contribution in [2.24, 2.45) is 0 Å². The first-order chi connectivity index (χ1) is 12.2. The summed E-state index contributed by atoms with van der Waals surface area (Å²) in [4.78, 5) is 20.8. The van der Waals surface area contributed by atoms with Crippen molar-refractivity contribution in [2.75, 3.05) is 44.2 Å². The number of hydrogen-bond acceptors (Lipinski definition) is 4. The molecular weight excluding hydrogens is 338 g/mol. The Hall–Kier alpha value is -2.05. The second-order valence-electron chi connectivity index (χ2n) is 6.19. The molecule has 1 N–H and O–H groups in total. The molecule has 1 amide bonds. The third-order valence-electron chi connectivity index (χ3n) is 4.30. The van der Waals surface area contributed by atoms with E-state index in [1.54, 1.807) is 6.20 Å². The zero-order chi connectivity index (χ0) is 17.6. The van der Waals surface area contributed by atoms with Crippen LogP contribution in [0.4, 0.5) is 5.95 Å². The van der Waals surface area contributed by atoms with Crippen molar-refractivity contribution in [1.29, 1.82) is 0 Å². The summed E-state index contributed by atoms with van der Waals surface area (Å²) in [6, 6.07) is 7.75. The highest BCUT2D eigenvalue weighted by molar-refractivity contribution is 6.30. The molecule has 25 heavy (non-hydrogen) atoms. The van der Waals surface area contributed by atoms with Crippen LogP contribution >= 0.6 is 11.6 Å². The highest BCUT2D eigenvalue weighted by Crippen LogP contribution is 2.21. The maximum absolute atomic E-state index is 11.9. The number of carbonyl (C=O) groups excluding carboxylic acids is 1. The minimum atomic E-state index is 0.107. The molecule has 0 atom stereocenters. The molecule has 6 nitrogen and oxygen atoms in total. The predicted octanol–water partition coefficient (Wildman–Crippen LogP) is 2.17. The number of imidazole rings is 1. The van der Waals surface area contributed by atoms with Crippen LogP contribution in [0.25, 0.3) is 5.69 Å². The molecule has 0 radical (unpaired) electrons. The fraction of sp³-hybridized carbons (Fsp3) is 0.444. The van der Waals surface area contributed by atoms with Crippen LogP contribution in [0.5, 0.6) is 0 Å². The van der Waals surface area contributed by atoms with Crippen LogP contribution in [-0.2, 0) is 4.79 Å². The molecule has 7 heteroatoms. The van der Waals surface area contributed by atoms with E-state index in [-0.39, 0.29) is 5.91 Å². The number of piperazine rings is 1. The van der Waals surface area contributed by atoms with E-state index < -0.39 is 0 Å². The standard InChI is InChI=1S/C18H24ClN5O/c1-2-6-20-17(25)14-22-9-11-23(12-10-22)18-21-7-8-24(18)16-5-3-4-15(19)13-16/h3-5,7-8,13H,2,6,9-12,14H2,1H3,(H,20,25). The van der Waals surface area contributed by atoms with Gasteiger partial charge in [0.1, 0.15) is 0 Å². The highest BCUT2D eigenvalue weighted by atomic mass is 35.5. The fourth-order valence-electron chi connectivity index (χ4n) is 2.99. The number of benzene rings is 1. The van der Waals surface area contributed by atoms with Crippen LogP contribution in [0.1, 0.15) is 13.3 Å². The predicted molar refractivity (Wildman–Crippen MR) is 101 cm³/mol. The molecule has 1 aromatic carbocycles. The molecule has 3 rings (SSSR count). The lowest BCUT2D eigenvalue weighted by Gasteiger charge is -2.35. The summed E-state index contributed by atoms with van der Waals surface area (Å²) in [6.45, 7) is 6.66. The molecule has 0 unspecified atom stereocenters. The first-order valence-electron chi connectivity index (χ1n) is 8.70. The van der Waals surface area contributed by atoms with Gasteiger partial charge in [0.2, 0.25) is 11.9 Å². The Morgan fingerprint density at radius 3 is 2.80 bits per heavy atom. The van der Waals surface area contributed by atoms with Crippen LogP contribution in [0, 0.1) is 0 Å². The lowest BCUT2D eigenvalue weighted by Crippen LogP contribution is -2.50. The summed E-state index contributed by atoms with van der Waals surface area (Å²) in [7, 11) is 0. The summed E-state index contributed by atoms with van der Waals surface area (Å²) in [6.07, 6.45) is 4.72. The number of carbonyl (C=O) groups is 1. The number of aromatic nitrogens is 2. The normalized spacial score (nSPS) is 15.4. The SMILES string of the molecule is CCCNC(=O)CN1CCN(c2nccn2-c2cccc(Cl)c2)CC1. The Morgan fingerprint density at radius 2 is 2.08 bits per heavy atom. The molecule has 1 saturated heterocycles. The summed E-state index contributed by atoms with van der Waals surface area (Å²) in [5.41, 5.74) is 1.00. The smallest absolute Gasteiger partial charge is 0.234 e. The van der Waals surface area contributed by atoms with Gasteiger partial charge in [0.25, 0.3) is 0 Å². The molecule has 0 aliphatic carbocycles. The van der Waals surface area contributed by atoms with E-state index in [9.17, 15) is 4.79 Å². The number of amides is 1. The maximum Gasteiger partial charge on any atom is 0.234 e. The van der Waals surface area contributed by atoms with E-state index in [2.05, 4.69) is 31.6 Å². The van der Waals surface area contributed by atoms with Crippen LogP contribution in [0.15, 0.2) is 36.7 Å². The van der Waals surface area contributed by atoms with Gasteiger partial charge >= 0.3 is 0 Å². The van der Waals surface area contributed by atoms with Crippen molar-refractivity contribution in [2.45, 2.75) is 13.3 Å². The van der Waals surface area contributed by atoms with Gasteiger partial charge in [-0.25, -0.2) is 4.98 Å². The first kappa shape index (κ1) is 17.8. The monoisotopic (exact) mass is 361 g/mol. The van der Waals surface area contributed by atoms with Crippen molar-refractivity contribution in [1.82, 2.24) is 19.8 Å². The number of nitrogens with one attached hydrogen (secondary N) is 1. The number of nitrogens with zero attached hydrogens (tertiary/aromatic N) is 4. The summed E-state index contributed by atoms with van der Waals surface area (Å²) >= 11 is 6.11. The molecular formula is C18H24ClN5O. The second-order valence-corrected chi connectivity index (χ2v) is 6.63. The summed E-state index contributed by atoms with van der Waals surface area (Å²) in [5, 5.41) is 3.64. The Labute approximate surface area is 153 Å². The molecule has 1 aromatic heterocycles. The average Bonchev–Trinajstić information content (AvgIpc) is 3.10. The average molecular weight is 362 g/mol. The molecule has 0 bridgehead atoms. The van der Waals surface area contributed by atoms with Crippen LogP contribution in [0.2, 0.25) is 5.02 Å². The second kappa shape index (κ2) is 8.36. The van der Waals surface area contributed by atoms with E-state index in [0.717, 1.165) is 50.8 Å². The molecule has 134 valence electrons. The number of hydrogen-bond donors (Lipinski definition) is 1. The molecule has 1 fully saturated rings. The Kier molecular flexibility index (Phi) is 5.94. The largest absolute Gasteiger partial charge is 0.355 e. The van der Waals surface area contributed by atoms with Gasteiger partial charge in [0, 0.05) is 55.8 Å². The van der Waals surface area contributed by atoms with Crippen LogP contribution in [-0.4, -0.2) is 59.6 Å². The van der Waals surface area contributed by atoms with Crippen molar-refractivity contribution in [3.8, 4) is 5.69 Å². The van der Waals surface area contributed by atoms with Crippen LogP contribution < -0.4 is 10.2 Å². The van der Waals surface area contributed by atoms with Crippen molar-refractivity contribution < 1.29 is 4.79 Å². The van der Waals surface area contributed by atoms with Crippen LogP contribution in [0.3, 0.4) is 0 Å². The topological polar surface area (TPSA) is 53.4 Å². The summed E-state index contributed by atoms with van der Waals surface area (Å²) < 4.78 is 2.05. The molecule has 2 aromatic rings. The number of rotatable bonds is 6. The molecule has 0 saturated carbocycles. The lowest BCUT2D eigenvalue weighted by molar-refractivity contribution is -0.122. The van der Waals surface area contributed by atoms with Crippen molar-refractivity contribution >= 4 is 23.5 Å². The third kappa shape index (κ3) is 4.52. The zero-order valence-corrected chi connectivity index (χ0v) is 15.2. The van der Waals surface area contributed by atoms with Gasteiger partial charge in [0.15, 0.2) is 0 Å². The molecule has 1 aliphatic heterocycles. The molecule has 2 heterocycles. The Balaban J connectivity index is 1.61. The lowest BCUT2D eigenvalue weighted by atomic mass is 10.3. The maximum atomic E-state index is 11.9. The van der Waals surface area contributed by atoms with Gasteiger partial charge in [-0.15, -0.1) is 0 Å². The minimum Gasteiger partial charge on any atom is -0.355 e. The van der Waals surface area contributed by atoms with Gasteiger partial charge in [-0.3, -0.25) is 14.3 Å². The van der Waals surface area contributed by atoms with E-state index in [4.69, 9.17) is 11.6 Å². The first-order valence-corrected chi connectivity index (χ1v) is 9.08. The molecule has 1 aliphatic rings. The summed E-state index contributed by atoms with van der Waals surface area (Å²) in [5.74, 6) is 1.02. The van der Waals surface area contributed by atoms with Gasteiger partial charge in [0.05, 0.1) is 6.54 Å². The van der Waals surface area contributed by atoms with Crippen molar-refractivity contribution in [3.63, 3.8) is 0 Å². The molecule has 0 spiro atoms. The van der Waals surface area contributed by atoms with Gasteiger partial charge in [-0.05, 0) is 24.6 Å². The fourth-order valence-corrected chi connectivity index (χ4v) is 3.17. The number of anilines is 1. The highest BCUT2D eigenvalue weighted by Gasteiger charge is 2.22. The zero-order valence-electron chi connectivity index (χ0n) is 14.5. The van der Waals surface area contributed by atoms with Gasteiger partial charge in [-0.1, -0.05) is 24.6 Å². The van der Waals surface area contributed by atoms with E-state index in [1.807, 2.05) is 30.5 Å².